The molecule has 2 aromatic rings. The number of nitrogens with zero attached hydrogens (tertiary/aromatic N) is 1. The number of aliphatic hydroxyl groups excluding tert-OH is 1. The number of ether oxygens (including phenoxy) is 1. The van der Waals surface area contributed by atoms with Crippen molar-refractivity contribution in [3.8, 4) is 11.8 Å². The molecule has 3 rings (SSSR count). The van der Waals surface area contributed by atoms with E-state index in [0.29, 0.717) is 18.8 Å². The zero-order valence-corrected chi connectivity index (χ0v) is 12.9. The maximum Gasteiger partial charge on any atom is 0.124 e. The summed E-state index contributed by atoms with van der Waals surface area (Å²) in [5, 5.41) is 20.7. The summed E-state index contributed by atoms with van der Waals surface area (Å²) < 4.78 is 6.42. The van der Waals surface area contributed by atoms with Gasteiger partial charge in [0.15, 0.2) is 0 Å². The van der Waals surface area contributed by atoms with Gasteiger partial charge in [-0.15, -0.1) is 0 Å². The highest BCUT2D eigenvalue weighted by Crippen LogP contribution is 2.47. The molecule has 1 aliphatic heterocycles. The fraction of sp³-hybridized carbons (Fsp3) is 0.235. The van der Waals surface area contributed by atoms with Crippen LogP contribution in [0.25, 0.3) is 0 Å². The van der Waals surface area contributed by atoms with Gasteiger partial charge in [0.05, 0.1) is 12.7 Å². The van der Waals surface area contributed by atoms with Gasteiger partial charge in [-0.3, -0.25) is 0 Å². The van der Waals surface area contributed by atoms with E-state index in [4.69, 9.17) is 4.74 Å². The first kappa shape index (κ1) is 14.1. The molecular weight excluding hydrogens is 330 g/mol. The molecule has 2 unspecified atom stereocenters. The van der Waals surface area contributed by atoms with E-state index in [0.717, 1.165) is 15.6 Å². The Hall–Kier alpha value is -1.83. The summed E-state index contributed by atoms with van der Waals surface area (Å²) in [6.07, 6.45) is -0.452. The number of hydrogen-bond donors (Lipinski definition) is 1. The molecule has 4 heteroatoms. The molecule has 0 amide bonds. The lowest BCUT2D eigenvalue weighted by Crippen LogP contribution is -2.37. The SMILES string of the molecule is N#CC1(C(O)c2ccccc2Br)CCOc2ccccc21. The van der Waals surface area contributed by atoms with Crippen LogP contribution in [0.5, 0.6) is 5.75 Å². The Bertz CT molecular complexity index is 710. The van der Waals surface area contributed by atoms with Crippen LogP contribution in [0, 0.1) is 11.3 Å². The number of benzene rings is 2. The van der Waals surface area contributed by atoms with Crippen molar-refractivity contribution < 1.29 is 9.84 Å². The van der Waals surface area contributed by atoms with Gasteiger partial charge in [0.2, 0.25) is 0 Å². The number of fused-ring (bicyclic) bond motifs is 1. The lowest BCUT2D eigenvalue weighted by molar-refractivity contribution is 0.0801. The second-order valence-corrected chi connectivity index (χ2v) is 5.96. The molecule has 0 aromatic heterocycles. The third-order valence-electron chi connectivity index (χ3n) is 3.99. The van der Waals surface area contributed by atoms with Gasteiger partial charge in [-0.2, -0.15) is 5.26 Å². The second kappa shape index (κ2) is 5.51. The first-order valence-corrected chi connectivity index (χ1v) is 7.54. The normalized spacial score (nSPS) is 21.8. The Kier molecular flexibility index (Phi) is 3.71. The van der Waals surface area contributed by atoms with Crippen LogP contribution in [0.4, 0.5) is 0 Å². The molecule has 0 saturated heterocycles. The molecule has 1 aliphatic rings. The van der Waals surface area contributed by atoms with Crippen molar-refractivity contribution in [2.75, 3.05) is 6.61 Å². The van der Waals surface area contributed by atoms with Crippen LogP contribution >= 0.6 is 15.9 Å². The van der Waals surface area contributed by atoms with E-state index in [2.05, 4.69) is 22.0 Å². The van der Waals surface area contributed by atoms with Crippen molar-refractivity contribution in [1.29, 1.82) is 5.26 Å². The van der Waals surface area contributed by atoms with Crippen molar-refractivity contribution >= 4 is 15.9 Å². The number of rotatable bonds is 2. The van der Waals surface area contributed by atoms with E-state index in [1.807, 2.05) is 48.5 Å². The smallest absolute Gasteiger partial charge is 0.124 e. The predicted molar refractivity (Wildman–Crippen MR) is 82.9 cm³/mol. The van der Waals surface area contributed by atoms with Crippen LogP contribution in [0.15, 0.2) is 53.0 Å². The predicted octanol–water partition coefficient (Wildman–Crippen LogP) is 3.73. The second-order valence-electron chi connectivity index (χ2n) is 5.10. The van der Waals surface area contributed by atoms with Crippen molar-refractivity contribution in [3.05, 3.63) is 64.1 Å². The van der Waals surface area contributed by atoms with Gasteiger partial charge in [-0.1, -0.05) is 52.3 Å². The van der Waals surface area contributed by atoms with Crippen molar-refractivity contribution in [2.45, 2.75) is 17.9 Å². The molecule has 0 radical (unpaired) electrons. The van der Waals surface area contributed by atoms with Crippen molar-refractivity contribution in [3.63, 3.8) is 0 Å². The number of nitriles is 1. The number of hydrogen-bond acceptors (Lipinski definition) is 3. The highest BCUT2D eigenvalue weighted by atomic mass is 79.9. The maximum absolute atomic E-state index is 10.9. The minimum atomic E-state index is -0.987. The summed E-state index contributed by atoms with van der Waals surface area (Å²) in [7, 11) is 0. The Morgan fingerprint density at radius 2 is 1.90 bits per heavy atom. The Balaban J connectivity index is 2.15. The fourth-order valence-corrected chi connectivity index (χ4v) is 3.34. The number of aliphatic hydroxyl groups is 1. The molecule has 3 nitrogen and oxygen atoms in total. The molecular formula is C17H14BrNO2. The summed E-state index contributed by atoms with van der Waals surface area (Å²) in [6, 6.07) is 17.2. The molecule has 2 aromatic carbocycles. The lowest BCUT2D eigenvalue weighted by Gasteiger charge is -2.37. The topological polar surface area (TPSA) is 53.2 Å². The summed E-state index contributed by atoms with van der Waals surface area (Å²) in [6.45, 7) is 0.423. The molecule has 1 heterocycles. The van der Waals surface area contributed by atoms with E-state index >= 15 is 0 Å². The molecule has 0 spiro atoms. The zero-order valence-electron chi connectivity index (χ0n) is 11.3. The fourth-order valence-electron chi connectivity index (χ4n) is 2.84. The van der Waals surface area contributed by atoms with E-state index < -0.39 is 11.5 Å². The number of halogens is 1. The Labute approximate surface area is 131 Å². The average molecular weight is 344 g/mol. The molecule has 2 atom stereocenters. The first-order valence-electron chi connectivity index (χ1n) is 6.75. The highest BCUT2D eigenvalue weighted by molar-refractivity contribution is 9.10. The van der Waals surface area contributed by atoms with E-state index in [1.165, 1.54) is 0 Å². The van der Waals surface area contributed by atoms with Crippen LogP contribution in [-0.2, 0) is 5.41 Å². The molecule has 0 aliphatic carbocycles. The molecule has 0 bridgehead atoms. The maximum atomic E-state index is 10.9. The summed E-state index contributed by atoms with van der Waals surface area (Å²) in [5.74, 6) is 0.677. The quantitative estimate of drug-likeness (QED) is 0.903. The summed E-state index contributed by atoms with van der Waals surface area (Å²) in [4.78, 5) is 0. The van der Waals surface area contributed by atoms with Crippen LogP contribution in [-0.4, -0.2) is 11.7 Å². The lowest BCUT2D eigenvalue weighted by atomic mass is 9.71. The van der Waals surface area contributed by atoms with Gasteiger partial charge >= 0.3 is 0 Å². The zero-order chi connectivity index (χ0) is 14.9. The van der Waals surface area contributed by atoms with Crippen molar-refractivity contribution in [1.82, 2.24) is 0 Å². The molecule has 0 fully saturated rings. The summed E-state index contributed by atoms with van der Waals surface area (Å²) in [5.41, 5.74) is 0.483. The third kappa shape index (κ3) is 2.23. The molecule has 1 N–H and O–H groups in total. The number of para-hydroxylation sites is 1. The van der Waals surface area contributed by atoms with Crippen LogP contribution in [0.3, 0.4) is 0 Å². The van der Waals surface area contributed by atoms with E-state index in [1.54, 1.807) is 0 Å². The average Bonchev–Trinajstić information content (AvgIpc) is 2.54. The first-order chi connectivity index (χ1) is 10.2. The highest BCUT2D eigenvalue weighted by Gasteiger charge is 2.45. The molecule has 0 saturated carbocycles. The van der Waals surface area contributed by atoms with E-state index in [-0.39, 0.29) is 0 Å². The van der Waals surface area contributed by atoms with Gasteiger partial charge in [0.25, 0.3) is 0 Å². The summed E-state index contributed by atoms with van der Waals surface area (Å²) >= 11 is 3.46. The Morgan fingerprint density at radius 3 is 2.67 bits per heavy atom. The van der Waals surface area contributed by atoms with Crippen molar-refractivity contribution in [2.24, 2.45) is 0 Å². The molecule has 106 valence electrons. The molecule has 21 heavy (non-hydrogen) atoms. The minimum absolute atomic E-state index is 0.423. The largest absolute Gasteiger partial charge is 0.493 e. The van der Waals surface area contributed by atoms with Gasteiger partial charge in [0.1, 0.15) is 17.3 Å². The third-order valence-corrected chi connectivity index (χ3v) is 4.71. The van der Waals surface area contributed by atoms with Gasteiger partial charge in [-0.05, 0) is 17.7 Å². The van der Waals surface area contributed by atoms with Crippen LogP contribution in [0.2, 0.25) is 0 Å². The van der Waals surface area contributed by atoms with Crippen LogP contribution in [0.1, 0.15) is 23.7 Å². The van der Waals surface area contributed by atoms with Crippen LogP contribution < -0.4 is 4.74 Å². The Morgan fingerprint density at radius 1 is 1.19 bits per heavy atom. The van der Waals surface area contributed by atoms with E-state index in [9.17, 15) is 10.4 Å². The van der Waals surface area contributed by atoms with Gasteiger partial charge in [-0.25, -0.2) is 0 Å². The minimum Gasteiger partial charge on any atom is -0.493 e. The van der Waals surface area contributed by atoms with Gasteiger partial charge in [0, 0.05) is 16.5 Å². The standard InChI is InChI=1S/C17H14BrNO2/c18-14-7-3-1-5-12(14)16(20)17(11-19)9-10-21-15-8-4-2-6-13(15)17/h1-8,16,20H,9-10H2. The van der Waals surface area contributed by atoms with Gasteiger partial charge < -0.3 is 9.84 Å². The monoisotopic (exact) mass is 343 g/mol.